The first-order valence-corrected chi connectivity index (χ1v) is 9.36. The molecular weight excluding hydrogens is 439 g/mol. The van der Waals surface area contributed by atoms with E-state index >= 15 is 0 Å². The summed E-state index contributed by atoms with van der Waals surface area (Å²) in [6, 6.07) is 3.31. The van der Waals surface area contributed by atoms with E-state index in [-0.39, 0.29) is 11.8 Å². The van der Waals surface area contributed by atoms with Crippen LogP contribution in [0.4, 0.5) is 0 Å². The minimum Gasteiger partial charge on any atom is -0.406 e. The molecule has 0 heterocycles. The molecule has 0 saturated carbocycles. The van der Waals surface area contributed by atoms with Crippen molar-refractivity contribution in [3.05, 3.63) is 23.3 Å². The molecule has 0 aromatic heterocycles. The van der Waals surface area contributed by atoms with Crippen molar-refractivity contribution in [1.29, 1.82) is 0 Å². The van der Waals surface area contributed by atoms with E-state index in [1.807, 2.05) is 0 Å². The SMILES string of the molecule is C#CC#CC#CC#CC#COc1cc(CCl)c(OC#CC#CC#CC#CC#C)cc1CCl. The molecule has 1 aromatic rings. The molecular formula is C28H8Cl2O2. The van der Waals surface area contributed by atoms with Crippen LogP contribution in [0, 0.1) is 120 Å². The number of alkyl halides is 2. The highest BCUT2D eigenvalue weighted by Gasteiger charge is 2.11. The molecule has 0 aliphatic heterocycles. The van der Waals surface area contributed by atoms with Crippen molar-refractivity contribution in [1.82, 2.24) is 0 Å². The van der Waals surface area contributed by atoms with Crippen molar-refractivity contribution in [3.63, 3.8) is 0 Å². The predicted octanol–water partition coefficient (Wildman–Crippen LogP) is 3.13. The van der Waals surface area contributed by atoms with E-state index in [2.05, 4.69) is 107 Å². The summed E-state index contributed by atoms with van der Waals surface area (Å²) >= 11 is 12.0. The number of ether oxygens (including phenoxy) is 2. The Balaban J connectivity index is 2.92. The number of halogens is 2. The quantitative estimate of drug-likeness (QED) is 0.522. The van der Waals surface area contributed by atoms with E-state index in [0.29, 0.717) is 22.6 Å². The van der Waals surface area contributed by atoms with Gasteiger partial charge in [-0.05, 0) is 59.5 Å². The minimum absolute atomic E-state index is 0.141. The highest BCUT2D eigenvalue weighted by Crippen LogP contribution is 2.31. The number of rotatable bonds is 4. The van der Waals surface area contributed by atoms with Gasteiger partial charge in [0.2, 0.25) is 0 Å². The Kier molecular flexibility index (Phi) is 13.2. The molecule has 0 radical (unpaired) electrons. The van der Waals surface area contributed by atoms with Crippen molar-refractivity contribution in [3.8, 4) is 131 Å². The van der Waals surface area contributed by atoms with E-state index in [0.717, 1.165) is 0 Å². The van der Waals surface area contributed by atoms with Crippen LogP contribution in [0.2, 0.25) is 0 Å². The molecule has 0 N–H and O–H groups in total. The molecule has 0 unspecified atom stereocenters. The van der Waals surface area contributed by atoms with E-state index in [1.54, 1.807) is 12.1 Å². The predicted molar refractivity (Wildman–Crippen MR) is 127 cm³/mol. The van der Waals surface area contributed by atoms with E-state index in [4.69, 9.17) is 45.5 Å². The fourth-order valence-electron chi connectivity index (χ4n) is 1.64. The first kappa shape index (κ1) is 25.0. The summed E-state index contributed by atoms with van der Waals surface area (Å²) in [5, 5.41) is 0. The lowest BCUT2D eigenvalue weighted by Gasteiger charge is -2.10. The van der Waals surface area contributed by atoms with Gasteiger partial charge >= 0.3 is 0 Å². The molecule has 0 atom stereocenters. The van der Waals surface area contributed by atoms with Crippen LogP contribution in [0.3, 0.4) is 0 Å². The second kappa shape index (κ2) is 16.9. The first-order chi connectivity index (χ1) is 15.8. The van der Waals surface area contributed by atoms with Crippen LogP contribution < -0.4 is 9.47 Å². The van der Waals surface area contributed by atoms with Gasteiger partial charge in [-0.1, -0.05) is 0 Å². The van der Waals surface area contributed by atoms with Gasteiger partial charge in [0.1, 0.15) is 23.7 Å². The molecule has 0 aliphatic carbocycles. The smallest absolute Gasteiger partial charge is 0.145 e. The summed E-state index contributed by atoms with van der Waals surface area (Å²) in [5.41, 5.74) is 1.24. The molecule has 146 valence electrons. The molecule has 2 nitrogen and oxygen atoms in total. The van der Waals surface area contributed by atoms with Crippen LogP contribution in [0.25, 0.3) is 0 Å². The van der Waals surface area contributed by atoms with Gasteiger partial charge in [-0.2, -0.15) is 0 Å². The van der Waals surface area contributed by atoms with Crippen molar-refractivity contribution in [2.75, 3.05) is 0 Å². The Bertz CT molecular complexity index is 1340. The third-order valence-corrected chi connectivity index (χ3v) is 3.43. The van der Waals surface area contributed by atoms with Crippen molar-refractivity contribution in [2.45, 2.75) is 11.8 Å². The van der Waals surface area contributed by atoms with Gasteiger partial charge in [0.15, 0.2) is 0 Å². The van der Waals surface area contributed by atoms with E-state index in [1.165, 1.54) is 0 Å². The van der Waals surface area contributed by atoms with Crippen molar-refractivity contribution in [2.24, 2.45) is 0 Å². The van der Waals surface area contributed by atoms with Gasteiger partial charge in [-0.15, -0.1) is 36.0 Å². The maximum atomic E-state index is 5.99. The number of hydrogen-bond donors (Lipinski definition) is 0. The molecule has 0 fully saturated rings. The Hall–Kier alpha value is -5.00. The molecule has 1 aromatic carbocycles. The highest BCUT2D eigenvalue weighted by atomic mass is 35.5. The summed E-state index contributed by atoms with van der Waals surface area (Å²) in [4.78, 5) is 0. The zero-order valence-electron chi connectivity index (χ0n) is 16.3. The van der Waals surface area contributed by atoms with Crippen LogP contribution in [-0.2, 0) is 11.8 Å². The molecule has 4 heteroatoms. The largest absolute Gasteiger partial charge is 0.406 e. The summed E-state index contributed by atoms with van der Waals surface area (Å²) in [5.74, 6) is 39.7. The highest BCUT2D eigenvalue weighted by molar-refractivity contribution is 6.18. The maximum Gasteiger partial charge on any atom is 0.145 e. The Labute approximate surface area is 198 Å². The van der Waals surface area contributed by atoms with Crippen LogP contribution in [0.1, 0.15) is 11.1 Å². The minimum atomic E-state index is 0.141. The topological polar surface area (TPSA) is 18.5 Å². The Morgan fingerprint density at radius 3 is 1.16 bits per heavy atom. The van der Waals surface area contributed by atoms with Crippen LogP contribution in [0.5, 0.6) is 11.5 Å². The third kappa shape index (κ3) is 10.5. The summed E-state index contributed by atoms with van der Waals surface area (Å²) in [7, 11) is 0. The zero-order valence-corrected chi connectivity index (χ0v) is 17.8. The van der Waals surface area contributed by atoms with E-state index < -0.39 is 0 Å². The average Bonchev–Trinajstić information content (AvgIpc) is 2.82. The number of hydrogen-bond acceptors (Lipinski definition) is 2. The van der Waals surface area contributed by atoms with Crippen LogP contribution in [0.15, 0.2) is 12.1 Å². The summed E-state index contributed by atoms with van der Waals surface area (Å²) in [6.45, 7) is 0. The van der Waals surface area contributed by atoms with Gasteiger partial charge in [0, 0.05) is 58.5 Å². The maximum absolute atomic E-state index is 5.99. The second-order valence-electron chi connectivity index (χ2n) is 4.78. The van der Waals surface area contributed by atoms with Crippen LogP contribution in [-0.4, -0.2) is 0 Å². The van der Waals surface area contributed by atoms with Gasteiger partial charge in [-0.3, -0.25) is 0 Å². The first-order valence-electron chi connectivity index (χ1n) is 8.29. The summed E-state index contributed by atoms with van der Waals surface area (Å²) in [6.07, 6.45) is 14.8. The fraction of sp³-hybridized carbons (Fsp3) is 0.0714. The normalized spacial score (nSPS) is 6.50. The zero-order chi connectivity index (χ0) is 23.3. The Morgan fingerprint density at radius 1 is 0.531 bits per heavy atom. The van der Waals surface area contributed by atoms with Gasteiger partial charge in [-0.25, -0.2) is 0 Å². The monoisotopic (exact) mass is 446 g/mol. The number of benzene rings is 1. The third-order valence-electron chi connectivity index (χ3n) is 2.85. The van der Waals surface area contributed by atoms with Crippen molar-refractivity contribution < 1.29 is 9.47 Å². The lowest BCUT2D eigenvalue weighted by atomic mass is 10.1. The average molecular weight is 447 g/mol. The van der Waals surface area contributed by atoms with Crippen LogP contribution >= 0.6 is 23.2 Å². The van der Waals surface area contributed by atoms with Gasteiger partial charge in [0.05, 0.1) is 11.8 Å². The van der Waals surface area contributed by atoms with Crippen molar-refractivity contribution >= 4 is 23.2 Å². The molecule has 1 rings (SSSR count). The molecule has 0 saturated heterocycles. The Morgan fingerprint density at radius 2 is 0.844 bits per heavy atom. The molecule has 32 heavy (non-hydrogen) atoms. The molecule has 0 bridgehead atoms. The number of terminal acetylenes is 2. The fourth-order valence-corrected chi connectivity index (χ4v) is 2.06. The standard InChI is InChI=1S/C28H8Cl2O2/c1-3-5-7-9-11-13-15-17-19-31-27-21-26(24-30)28(22-25(27)23-29)32-20-18-16-14-12-10-8-6-4-2/h1-2,21-22H,23-24H2. The lowest BCUT2D eigenvalue weighted by Crippen LogP contribution is -1.96. The second-order valence-corrected chi connectivity index (χ2v) is 5.32. The van der Waals surface area contributed by atoms with Gasteiger partial charge < -0.3 is 9.47 Å². The van der Waals surface area contributed by atoms with E-state index in [9.17, 15) is 0 Å². The molecule has 0 spiro atoms. The summed E-state index contributed by atoms with van der Waals surface area (Å²) < 4.78 is 10.8. The molecule has 0 amide bonds. The lowest BCUT2D eigenvalue weighted by molar-refractivity contribution is 0.497. The van der Waals surface area contributed by atoms with Gasteiger partial charge in [0.25, 0.3) is 0 Å². The molecule has 0 aliphatic rings.